The van der Waals surface area contributed by atoms with Gasteiger partial charge in [0.15, 0.2) is 0 Å². The van der Waals surface area contributed by atoms with Crippen molar-refractivity contribution in [2.75, 3.05) is 11.5 Å². The van der Waals surface area contributed by atoms with Crippen LogP contribution in [0.1, 0.15) is 53.9 Å². The number of carbonyl (C=O) groups excluding carboxylic acids is 1. The number of hydrogen-bond acceptors (Lipinski definition) is 3. The van der Waals surface area contributed by atoms with Gasteiger partial charge in [0.25, 0.3) is 0 Å². The summed E-state index contributed by atoms with van der Waals surface area (Å²) in [5, 5.41) is 3.51. The Bertz CT molecular complexity index is 285. The van der Waals surface area contributed by atoms with E-state index < -0.39 is 0 Å². The van der Waals surface area contributed by atoms with Gasteiger partial charge >= 0.3 is 0 Å². The van der Waals surface area contributed by atoms with Gasteiger partial charge in [0, 0.05) is 6.04 Å². The van der Waals surface area contributed by atoms with E-state index in [1.807, 2.05) is 18.7 Å². The lowest BCUT2D eigenvalue weighted by Crippen LogP contribution is -2.44. The third-order valence-electron chi connectivity index (χ3n) is 3.98. The summed E-state index contributed by atoms with van der Waals surface area (Å²) < 4.78 is 0. The fourth-order valence-electron chi connectivity index (χ4n) is 2.52. The van der Waals surface area contributed by atoms with Crippen LogP contribution in [-0.4, -0.2) is 40.1 Å². The Morgan fingerprint density at radius 2 is 2.11 bits per heavy atom. The lowest BCUT2D eigenvalue weighted by Gasteiger charge is -2.30. The number of nitrogens with zero attached hydrogens (tertiary/aromatic N) is 1. The molecular formula is C14H28N2OS. The summed E-state index contributed by atoms with van der Waals surface area (Å²) in [5.41, 5.74) is -0.354. The molecule has 0 saturated carbocycles. The number of nitrogens with one attached hydrogen (secondary N) is 1. The van der Waals surface area contributed by atoms with Gasteiger partial charge in [-0.25, -0.2) is 0 Å². The van der Waals surface area contributed by atoms with Gasteiger partial charge in [-0.1, -0.05) is 20.8 Å². The minimum atomic E-state index is -0.354. The van der Waals surface area contributed by atoms with Crippen LogP contribution in [0.3, 0.4) is 0 Å². The van der Waals surface area contributed by atoms with Crippen LogP contribution in [0.5, 0.6) is 0 Å². The van der Waals surface area contributed by atoms with E-state index in [9.17, 15) is 4.79 Å². The van der Waals surface area contributed by atoms with Crippen LogP contribution in [-0.2, 0) is 4.79 Å². The number of rotatable bonds is 7. The molecule has 3 unspecified atom stereocenters. The Balaban J connectivity index is 2.69. The predicted molar refractivity (Wildman–Crippen MR) is 79.8 cm³/mol. The van der Waals surface area contributed by atoms with E-state index in [2.05, 4.69) is 37.9 Å². The maximum atomic E-state index is 12.6. The van der Waals surface area contributed by atoms with Crippen molar-refractivity contribution in [1.82, 2.24) is 10.2 Å². The first-order chi connectivity index (χ1) is 8.50. The van der Waals surface area contributed by atoms with Crippen LogP contribution < -0.4 is 5.32 Å². The highest BCUT2D eigenvalue weighted by atomic mass is 32.2. The van der Waals surface area contributed by atoms with E-state index in [0.29, 0.717) is 6.04 Å². The van der Waals surface area contributed by atoms with E-state index in [0.717, 1.165) is 30.8 Å². The van der Waals surface area contributed by atoms with E-state index in [1.54, 1.807) is 0 Å². The summed E-state index contributed by atoms with van der Waals surface area (Å²) in [7, 11) is 0. The van der Waals surface area contributed by atoms with Crippen molar-refractivity contribution in [3.05, 3.63) is 0 Å². The normalized spacial score (nSPS) is 29.9. The van der Waals surface area contributed by atoms with Crippen molar-refractivity contribution in [2.24, 2.45) is 0 Å². The molecule has 1 aliphatic heterocycles. The zero-order valence-corrected chi connectivity index (χ0v) is 13.3. The molecule has 0 aliphatic carbocycles. The first-order valence-corrected chi connectivity index (χ1v) is 8.33. The number of carbonyl (C=O) groups is 1. The smallest absolute Gasteiger partial charge is 0.244 e. The standard InChI is InChI=1S/C14H28N2OS/c1-6-12-15-14(5,7-2)13(17)16(12)11(4)9-10-18-8-3/h11-12,15H,6-10H2,1-5H3. The summed E-state index contributed by atoms with van der Waals surface area (Å²) >= 11 is 1.95. The van der Waals surface area contributed by atoms with Gasteiger partial charge in [0.2, 0.25) is 5.91 Å². The van der Waals surface area contributed by atoms with Crippen LogP contribution in [0, 0.1) is 0 Å². The summed E-state index contributed by atoms with van der Waals surface area (Å²) in [6.07, 6.45) is 3.13. The van der Waals surface area contributed by atoms with Crippen molar-refractivity contribution in [1.29, 1.82) is 0 Å². The molecule has 18 heavy (non-hydrogen) atoms. The predicted octanol–water partition coefficient (Wildman–Crippen LogP) is 2.85. The second-order valence-corrected chi connectivity index (χ2v) is 6.69. The van der Waals surface area contributed by atoms with Crippen molar-refractivity contribution >= 4 is 17.7 Å². The highest BCUT2D eigenvalue weighted by Gasteiger charge is 2.47. The molecule has 1 rings (SSSR count). The zero-order chi connectivity index (χ0) is 13.8. The third kappa shape index (κ3) is 3.21. The quantitative estimate of drug-likeness (QED) is 0.723. The van der Waals surface area contributed by atoms with Crippen LogP contribution >= 0.6 is 11.8 Å². The van der Waals surface area contributed by atoms with E-state index in [4.69, 9.17) is 0 Å². The minimum absolute atomic E-state index is 0.212. The Hall–Kier alpha value is -0.220. The fraction of sp³-hybridized carbons (Fsp3) is 0.929. The maximum absolute atomic E-state index is 12.6. The van der Waals surface area contributed by atoms with Crippen LogP contribution in [0.15, 0.2) is 0 Å². The van der Waals surface area contributed by atoms with Gasteiger partial charge in [-0.3, -0.25) is 10.1 Å². The Morgan fingerprint density at radius 3 is 2.61 bits per heavy atom. The zero-order valence-electron chi connectivity index (χ0n) is 12.5. The van der Waals surface area contributed by atoms with Crippen molar-refractivity contribution in [3.63, 3.8) is 0 Å². The highest BCUT2D eigenvalue weighted by molar-refractivity contribution is 7.99. The van der Waals surface area contributed by atoms with Gasteiger partial charge in [-0.15, -0.1) is 0 Å². The molecule has 1 heterocycles. The Morgan fingerprint density at radius 1 is 1.44 bits per heavy atom. The molecule has 4 heteroatoms. The topological polar surface area (TPSA) is 32.3 Å². The van der Waals surface area contributed by atoms with Crippen molar-refractivity contribution in [3.8, 4) is 0 Å². The van der Waals surface area contributed by atoms with Gasteiger partial charge in [-0.05, 0) is 44.6 Å². The summed E-state index contributed by atoms with van der Waals surface area (Å²) in [5.74, 6) is 2.58. The van der Waals surface area contributed by atoms with Crippen LogP contribution in [0.4, 0.5) is 0 Å². The molecule has 1 N–H and O–H groups in total. The molecule has 0 spiro atoms. The lowest BCUT2D eigenvalue weighted by atomic mass is 9.99. The summed E-state index contributed by atoms with van der Waals surface area (Å²) in [6.45, 7) is 10.6. The SMILES string of the molecule is CCSCCC(C)N1C(=O)C(C)(CC)NC1CC. The molecule has 0 radical (unpaired) electrons. The first kappa shape index (κ1) is 15.8. The Kier molecular flexibility index (Phi) is 5.99. The summed E-state index contributed by atoms with van der Waals surface area (Å²) in [4.78, 5) is 14.6. The van der Waals surface area contributed by atoms with E-state index in [1.165, 1.54) is 0 Å². The molecule has 106 valence electrons. The molecule has 1 amide bonds. The van der Waals surface area contributed by atoms with Crippen LogP contribution in [0.2, 0.25) is 0 Å². The molecule has 1 fully saturated rings. The van der Waals surface area contributed by atoms with E-state index in [-0.39, 0.29) is 17.6 Å². The molecule has 3 atom stereocenters. The fourth-order valence-corrected chi connectivity index (χ4v) is 3.32. The molecule has 0 aromatic carbocycles. The number of thioether (sulfide) groups is 1. The van der Waals surface area contributed by atoms with Gasteiger partial charge in [-0.2, -0.15) is 11.8 Å². The molecule has 1 aliphatic rings. The molecular weight excluding hydrogens is 244 g/mol. The van der Waals surface area contributed by atoms with Crippen LogP contribution in [0.25, 0.3) is 0 Å². The average molecular weight is 272 g/mol. The molecule has 1 saturated heterocycles. The molecule has 0 bridgehead atoms. The largest absolute Gasteiger partial charge is 0.323 e. The average Bonchev–Trinajstić information content (AvgIpc) is 2.63. The molecule has 0 aromatic rings. The molecule has 3 nitrogen and oxygen atoms in total. The van der Waals surface area contributed by atoms with E-state index >= 15 is 0 Å². The summed E-state index contributed by atoms with van der Waals surface area (Å²) in [6, 6.07) is 0.336. The second kappa shape index (κ2) is 6.80. The second-order valence-electron chi connectivity index (χ2n) is 5.30. The van der Waals surface area contributed by atoms with Gasteiger partial charge < -0.3 is 4.90 Å². The monoisotopic (exact) mass is 272 g/mol. The van der Waals surface area contributed by atoms with Gasteiger partial charge in [0.1, 0.15) is 0 Å². The highest BCUT2D eigenvalue weighted by Crippen LogP contribution is 2.28. The third-order valence-corrected chi connectivity index (χ3v) is 4.91. The Labute approximate surface area is 116 Å². The lowest BCUT2D eigenvalue weighted by molar-refractivity contribution is -0.134. The number of hydrogen-bond donors (Lipinski definition) is 1. The maximum Gasteiger partial charge on any atom is 0.244 e. The molecule has 0 aromatic heterocycles. The van der Waals surface area contributed by atoms with Crippen molar-refractivity contribution in [2.45, 2.75) is 71.6 Å². The van der Waals surface area contributed by atoms with Gasteiger partial charge in [0.05, 0.1) is 11.7 Å². The number of amides is 1. The van der Waals surface area contributed by atoms with Crippen molar-refractivity contribution < 1.29 is 4.79 Å². The first-order valence-electron chi connectivity index (χ1n) is 7.18. The minimum Gasteiger partial charge on any atom is -0.323 e.